The van der Waals surface area contributed by atoms with Crippen LogP contribution in [0.4, 0.5) is 5.82 Å². The van der Waals surface area contributed by atoms with Crippen molar-refractivity contribution in [2.45, 2.75) is 6.42 Å². The Kier molecular flexibility index (Phi) is 2.78. The maximum atomic E-state index is 11.6. The molecule has 1 aliphatic carbocycles. The van der Waals surface area contributed by atoms with Crippen LogP contribution in [0.3, 0.4) is 0 Å². The van der Waals surface area contributed by atoms with Gasteiger partial charge in [-0.2, -0.15) is 0 Å². The van der Waals surface area contributed by atoms with E-state index in [1.54, 1.807) is 12.1 Å². The fraction of sp³-hybridized carbons (Fsp3) is 0.300. The first kappa shape index (κ1) is 10.9. The van der Waals surface area contributed by atoms with Gasteiger partial charge in [0.15, 0.2) is 0 Å². The number of carbonyl (C=O) groups is 2. The third-order valence-corrected chi connectivity index (χ3v) is 2.69. The molecular formula is C10H10ClN3O2. The summed E-state index contributed by atoms with van der Waals surface area (Å²) in [4.78, 5) is 26.3. The molecule has 16 heavy (non-hydrogen) atoms. The highest BCUT2D eigenvalue weighted by Gasteiger charge is 2.47. The summed E-state index contributed by atoms with van der Waals surface area (Å²) in [6, 6.07) is 3.23. The summed E-state index contributed by atoms with van der Waals surface area (Å²) >= 11 is 5.65. The topological polar surface area (TPSA) is 85.1 Å². The normalized spacial score (nSPS) is 22.6. The second-order valence-corrected chi connectivity index (χ2v) is 4.14. The highest BCUT2D eigenvalue weighted by Crippen LogP contribution is 2.38. The quantitative estimate of drug-likeness (QED) is 0.818. The Labute approximate surface area is 97.0 Å². The van der Waals surface area contributed by atoms with Crippen molar-refractivity contribution < 1.29 is 9.59 Å². The number of rotatable bonds is 3. The molecule has 0 radical (unpaired) electrons. The average molecular weight is 240 g/mol. The predicted molar refractivity (Wildman–Crippen MR) is 58.7 cm³/mol. The van der Waals surface area contributed by atoms with E-state index >= 15 is 0 Å². The number of nitrogens with zero attached hydrogens (tertiary/aromatic N) is 1. The molecule has 5 nitrogen and oxygen atoms in total. The van der Waals surface area contributed by atoms with Gasteiger partial charge in [-0.1, -0.05) is 11.6 Å². The third kappa shape index (κ3) is 2.30. The van der Waals surface area contributed by atoms with E-state index in [1.807, 2.05) is 0 Å². The predicted octanol–water partition coefficient (Wildman–Crippen LogP) is 0.795. The van der Waals surface area contributed by atoms with Crippen molar-refractivity contribution >= 4 is 29.2 Å². The van der Waals surface area contributed by atoms with Crippen molar-refractivity contribution in [2.75, 3.05) is 5.32 Å². The molecule has 1 aromatic rings. The zero-order valence-electron chi connectivity index (χ0n) is 8.31. The molecule has 1 saturated carbocycles. The van der Waals surface area contributed by atoms with Crippen LogP contribution in [-0.4, -0.2) is 16.8 Å². The monoisotopic (exact) mass is 239 g/mol. The molecule has 3 N–H and O–H groups in total. The number of hydrogen-bond donors (Lipinski definition) is 2. The summed E-state index contributed by atoms with van der Waals surface area (Å²) in [5.74, 6) is -0.866. The molecule has 0 bridgehead atoms. The molecule has 2 rings (SSSR count). The van der Waals surface area contributed by atoms with Gasteiger partial charge in [-0.15, -0.1) is 0 Å². The Balaban J connectivity index is 1.94. The summed E-state index contributed by atoms with van der Waals surface area (Å²) in [7, 11) is 0. The van der Waals surface area contributed by atoms with Crippen molar-refractivity contribution in [3.63, 3.8) is 0 Å². The molecule has 1 aliphatic rings. The number of nitrogens with one attached hydrogen (secondary N) is 1. The molecule has 84 valence electrons. The van der Waals surface area contributed by atoms with Crippen LogP contribution < -0.4 is 11.1 Å². The van der Waals surface area contributed by atoms with Crippen LogP contribution in [0.1, 0.15) is 6.42 Å². The van der Waals surface area contributed by atoms with E-state index in [-0.39, 0.29) is 17.7 Å². The van der Waals surface area contributed by atoms with Gasteiger partial charge in [0.05, 0.1) is 16.9 Å². The van der Waals surface area contributed by atoms with Crippen molar-refractivity contribution in [1.29, 1.82) is 0 Å². The maximum absolute atomic E-state index is 11.6. The summed E-state index contributed by atoms with van der Waals surface area (Å²) in [5, 5.41) is 3.10. The Bertz CT molecular complexity index is 432. The smallest absolute Gasteiger partial charge is 0.229 e. The second kappa shape index (κ2) is 4.09. The lowest BCUT2D eigenvalue weighted by atomic mass is 10.3. The first-order valence-corrected chi connectivity index (χ1v) is 5.17. The van der Waals surface area contributed by atoms with Crippen LogP contribution >= 0.6 is 11.6 Å². The number of carbonyl (C=O) groups excluding carboxylic acids is 2. The van der Waals surface area contributed by atoms with E-state index < -0.39 is 5.91 Å². The van der Waals surface area contributed by atoms with E-state index in [0.717, 1.165) is 0 Å². The number of anilines is 1. The largest absolute Gasteiger partial charge is 0.369 e. The number of pyridine rings is 1. The fourth-order valence-corrected chi connectivity index (χ4v) is 1.58. The van der Waals surface area contributed by atoms with Crippen molar-refractivity contribution in [3.05, 3.63) is 23.4 Å². The third-order valence-electron chi connectivity index (χ3n) is 2.47. The number of hydrogen-bond acceptors (Lipinski definition) is 3. The number of primary amides is 1. The van der Waals surface area contributed by atoms with Gasteiger partial charge in [-0.25, -0.2) is 4.98 Å². The van der Waals surface area contributed by atoms with Crippen LogP contribution in [0.25, 0.3) is 0 Å². The summed E-state index contributed by atoms with van der Waals surface area (Å²) in [6.07, 6.45) is 1.96. The molecule has 6 heteroatoms. The average Bonchev–Trinajstić information content (AvgIpc) is 3.01. The van der Waals surface area contributed by atoms with Crippen LogP contribution in [-0.2, 0) is 9.59 Å². The minimum absolute atomic E-state index is 0.223. The maximum Gasteiger partial charge on any atom is 0.229 e. The van der Waals surface area contributed by atoms with Crippen molar-refractivity contribution in [2.24, 2.45) is 17.6 Å². The van der Waals surface area contributed by atoms with Gasteiger partial charge < -0.3 is 11.1 Å². The highest BCUT2D eigenvalue weighted by molar-refractivity contribution is 6.30. The SMILES string of the molecule is NC(=O)C1C[C@H]1C(=O)Nc1ccc(Cl)cn1. The molecule has 0 aromatic carbocycles. The van der Waals surface area contributed by atoms with E-state index in [9.17, 15) is 9.59 Å². The van der Waals surface area contributed by atoms with Gasteiger partial charge in [0.1, 0.15) is 5.82 Å². The van der Waals surface area contributed by atoms with Crippen molar-refractivity contribution in [3.8, 4) is 0 Å². The Morgan fingerprint density at radius 3 is 2.69 bits per heavy atom. The van der Waals surface area contributed by atoms with E-state index in [4.69, 9.17) is 17.3 Å². The lowest BCUT2D eigenvalue weighted by molar-refractivity contribution is -0.123. The standard InChI is InChI=1S/C10H10ClN3O2/c11-5-1-2-8(13-4-5)14-10(16)7-3-6(7)9(12)15/h1-2,4,6-7H,3H2,(H2,12,15)(H,13,14,16)/t6?,7-/m1/s1. The Morgan fingerprint density at radius 1 is 1.44 bits per heavy atom. The molecule has 1 unspecified atom stereocenters. The van der Waals surface area contributed by atoms with Gasteiger partial charge in [0, 0.05) is 6.20 Å². The van der Waals surface area contributed by atoms with Gasteiger partial charge >= 0.3 is 0 Å². The van der Waals surface area contributed by atoms with Gasteiger partial charge in [0.2, 0.25) is 11.8 Å². The first-order valence-electron chi connectivity index (χ1n) is 4.79. The van der Waals surface area contributed by atoms with E-state index in [2.05, 4.69) is 10.3 Å². The van der Waals surface area contributed by atoms with Crippen LogP contribution in [0.2, 0.25) is 5.02 Å². The summed E-state index contributed by atoms with van der Waals surface area (Å²) < 4.78 is 0. The molecule has 0 aliphatic heterocycles. The van der Waals surface area contributed by atoms with Gasteiger partial charge in [-0.05, 0) is 18.6 Å². The first-order chi connectivity index (χ1) is 7.58. The van der Waals surface area contributed by atoms with Gasteiger partial charge in [-0.3, -0.25) is 9.59 Å². The second-order valence-electron chi connectivity index (χ2n) is 3.70. The Morgan fingerprint density at radius 2 is 2.19 bits per heavy atom. The minimum Gasteiger partial charge on any atom is -0.369 e. The zero-order chi connectivity index (χ0) is 11.7. The molecule has 0 saturated heterocycles. The highest BCUT2D eigenvalue weighted by atomic mass is 35.5. The molecule has 1 heterocycles. The molecule has 1 aromatic heterocycles. The lowest BCUT2D eigenvalue weighted by Crippen LogP contribution is -2.20. The van der Waals surface area contributed by atoms with Crippen LogP contribution in [0.5, 0.6) is 0 Å². The minimum atomic E-state index is -0.427. The Hall–Kier alpha value is -1.62. The lowest BCUT2D eigenvalue weighted by Gasteiger charge is -2.02. The molecule has 2 atom stereocenters. The molecule has 1 fully saturated rings. The fourth-order valence-electron chi connectivity index (χ4n) is 1.47. The van der Waals surface area contributed by atoms with Crippen LogP contribution in [0, 0.1) is 11.8 Å². The van der Waals surface area contributed by atoms with Crippen LogP contribution in [0.15, 0.2) is 18.3 Å². The van der Waals surface area contributed by atoms with Crippen molar-refractivity contribution in [1.82, 2.24) is 4.98 Å². The summed E-state index contributed by atoms with van der Waals surface area (Å²) in [5.41, 5.74) is 5.09. The zero-order valence-corrected chi connectivity index (χ0v) is 9.07. The molecular weight excluding hydrogens is 230 g/mol. The molecule has 0 spiro atoms. The number of aromatic nitrogens is 1. The molecule has 2 amide bonds. The van der Waals surface area contributed by atoms with Gasteiger partial charge in [0.25, 0.3) is 0 Å². The number of nitrogens with two attached hydrogens (primary N) is 1. The number of amides is 2. The van der Waals surface area contributed by atoms with E-state index in [1.165, 1.54) is 6.20 Å². The van der Waals surface area contributed by atoms with E-state index in [0.29, 0.717) is 17.3 Å². The number of halogens is 1. The summed E-state index contributed by atoms with van der Waals surface area (Å²) in [6.45, 7) is 0.